The van der Waals surface area contributed by atoms with Crippen LogP contribution in [-0.2, 0) is 0 Å². The molecule has 0 aliphatic carbocycles. The van der Waals surface area contributed by atoms with Crippen LogP contribution in [0.2, 0.25) is 0 Å². The van der Waals surface area contributed by atoms with Gasteiger partial charge in [0, 0.05) is 15.0 Å². The van der Waals surface area contributed by atoms with E-state index in [0.717, 1.165) is 6.54 Å². The number of hydrogen-bond acceptors (Lipinski definition) is 1. The summed E-state index contributed by atoms with van der Waals surface area (Å²) < 4.78 is 0. The quantitative estimate of drug-likeness (QED) is 0.542. The lowest BCUT2D eigenvalue weighted by Crippen LogP contribution is -2.05. The average molecular weight is 164 g/mol. The van der Waals surface area contributed by atoms with E-state index in [1.807, 2.05) is 18.4 Å². The maximum Gasteiger partial charge on any atom is 0.0328 e. The molecule has 0 saturated heterocycles. The highest BCUT2D eigenvalue weighted by atomic mass is 14.8. The fourth-order valence-electron chi connectivity index (χ4n) is 0.406. The molecule has 1 nitrogen and oxygen atoms in total. The molecule has 0 amide bonds. The summed E-state index contributed by atoms with van der Waals surface area (Å²) in [4.78, 5) is 0. The Morgan fingerprint density at radius 2 is 1.58 bits per heavy atom. The van der Waals surface area contributed by atoms with Crippen LogP contribution in [0.5, 0.6) is 0 Å². The second-order valence-electron chi connectivity index (χ2n) is 4.20. The third-order valence-corrected chi connectivity index (χ3v) is 0.697. The monoisotopic (exact) mass is 164 g/mol. The predicted octanol–water partition coefficient (Wildman–Crippen LogP) is 2.33. The molecule has 1 rings (SSSR count). The van der Waals surface area contributed by atoms with E-state index in [1.165, 1.54) is 0 Å². The number of allylic oxidation sites excluding steroid dienone is 2. The van der Waals surface area contributed by atoms with E-state index in [4.69, 9.17) is 0 Å². The molecule has 0 spiro atoms. The van der Waals surface area contributed by atoms with Crippen LogP contribution in [0.1, 0.15) is 27.7 Å². The molecule has 0 aromatic heterocycles. The van der Waals surface area contributed by atoms with Crippen LogP contribution in [0, 0.1) is 5.41 Å². The van der Waals surface area contributed by atoms with Gasteiger partial charge in [0.25, 0.3) is 0 Å². The lowest BCUT2D eigenvalue weighted by atomic mass is 10.0. The summed E-state index contributed by atoms with van der Waals surface area (Å²) in [6, 6.07) is 0. The Kier molecular flexibility index (Phi) is 8.13. The first-order chi connectivity index (χ1) is 5.00. The minimum atomic E-state index is 0. The molecule has 12 heavy (non-hydrogen) atoms. The first-order valence-electron chi connectivity index (χ1n) is 4.05. The van der Waals surface area contributed by atoms with Crippen molar-refractivity contribution >= 4 is 8.41 Å². The van der Waals surface area contributed by atoms with Crippen LogP contribution in [0.25, 0.3) is 0 Å². The van der Waals surface area contributed by atoms with E-state index in [0.29, 0.717) is 5.41 Å². The van der Waals surface area contributed by atoms with Crippen molar-refractivity contribution in [3.8, 4) is 0 Å². The first kappa shape index (κ1) is 13.9. The largest absolute Gasteiger partial charge is 0.387 e. The zero-order valence-electron chi connectivity index (χ0n) is 8.59. The standard InChI is InChI=1S/C5H7N.C5H12.B/c1-2-4-6-5-3-1;1-5(2,3)4;/h1-4,6H,5H2;1-4H3;. The first-order valence-corrected chi connectivity index (χ1v) is 4.05. The third kappa shape index (κ3) is 22.8. The van der Waals surface area contributed by atoms with E-state index < -0.39 is 0 Å². The highest BCUT2D eigenvalue weighted by Crippen LogP contribution is 2.07. The summed E-state index contributed by atoms with van der Waals surface area (Å²) in [6.07, 6.45) is 8.00. The molecule has 3 radical (unpaired) electrons. The van der Waals surface area contributed by atoms with Gasteiger partial charge in [-0.3, -0.25) is 0 Å². The SMILES string of the molecule is C1=CCNC=C1.CC(C)(C)C.[B]. The maximum absolute atomic E-state index is 3.02. The van der Waals surface area contributed by atoms with Crippen LogP contribution in [-0.4, -0.2) is 15.0 Å². The van der Waals surface area contributed by atoms with Gasteiger partial charge in [0.05, 0.1) is 0 Å². The van der Waals surface area contributed by atoms with Gasteiger partial charge < -0.3 is 5.32 Å². The summed E-state index contributed by atoms with van der Waals surface area (Å²) in [5.74, 6) is 0. The number of rotatable bonds is 0. The number of hydrogen-bond donors (Lipinski definition) is 1. The summed E-state index contributed by atoms with van der Waals surface area (Å²) >= 11 is 0. The van der Waals surface area contributed by atoms with Gasteiger partial charge in [-0.1, -0.05) is 39.8 Å². The molecule has 0 aromatic rings. The molecular formula is C10H19BN. The zero-order chi connectivity index (χ0) is 8.74. The molecule has 1 aliphatic heterocycles. The molecule has 0 fully saturated rings. The molecular weight excluding hydrogens is 145 g/mol. The normalized spacial score (nSPS) is 13.7. The molecule has 0 bridgehead atoms. The van der Waals surface area contributed by atoms with Crippen molar-refractivity contribution in [1.82, 2.24) is 5.32 Å². The Morgan fingerprint density at radius 1 is 1.08 bits per heavy atom. The van der Waals surface area contributed by atoms with Crippen molar-refractivity contribution < 1.29 is 0 Å². The van der Waals surface area contributed by atoms with Crippen molar-refractivity contribution in [2.24, 2.45) is 5.41 Å². The fourth-order valence-corrected chi connectivity index (χ4v) is 0.406. The second-order valence-corrected chi connectivity index (χ2v) is 4.20. The summed E-state index contributed by atoms with van der Waals surface area (Å²) in [5, 5.41) is 3.02. The van der Waals surface area contributed by atoms with Crippen molar-refractivity contribution in [2.45, 2.75) is 27.7 Å². The number of dihydropyridines is 1. The molecule has 0 atom stereocenters. The van der Waals surface area contributed by atoms with Crippen LogP contribution in [0.3, 0.4) is 0 Å². The molecule has 0 saturated carbocycles. The van der Waals surface area contributed by atoms with Crippen molar-refractivity contribution in [3.63, 3.8) is 0 Å². The summed E-state index contributed by atoms with van der Waals surface area (Å²) in [7, 11) is 0. The topological polar surface area (TPSA) is 12.0 Å². The minimum absolute atomic E-state index is 0. The Hall–Kier alpha value is -0.655. The molecule has 0 aromatic carbocycles. The highest BCUT2D eigenvalue weighted by Gasteiger charge is 1.95. The zero-order valence-corrected chi connectivity index (χ0v) is 8.59. The fraction of sp³-hybridized carbons (Fsp3) is 0.600. The molecule has 0 unspecified atom stereocenters. The Bertz CT molecular complexity index is 124. The Labute approximate surface area is 78.5 Å². The molecule has 67 valence electrons. The van der Waals surface area contributed by atoms with Crippen LogP contribution in [0.15, 0.2) is 24.4 Å². The van der Waals surface area contributed by atoms with Crippen molar-refractivity contribution in [1.29, 1.82) is 0 Å². The van der Waals surface area contributed by atoms with Gasteiger partial charge in [-0.25, -0.2) is 0 Å². The van der Waals surface area contributed by atoms with Gasteiger partial charge in [-0.2, -0.15) is 0 Å². The average Bonchev–Trinajstić information content (AvgIpc) is 1.88. The van der Waals surface area contributed by atoms with Gasteiger partial charge in [-0.15, -0.1) is 0 Å². The van der Waals surface area contributed by atoms with E-state index >= 15 is 0 Å². The molecule has 1 N–H and O–H groups in total. The van der Waals surface area contributed by atoms with Gasteiger partial charge in [-0.05, 0) is 17.7 Å². The van der Waals surface area contributed by atoms with Gasteiger partial charge in [0.2, 0.25) is 0 Å². The van der Waals surface area contributed by atoms with E-state index in [2.05, 4.69) is 39.1 Å². The number of nitrogens with one attached hydrogen (secondary N) is 1. The molecule has 1 aliphatic rings. The van der Waals surface area contributed by atoms with Crippen molar-refractivity contribution in [2.75, 3.05) is 6.54 Å². The predicted molar refractivity (Wildman–Crippen MR) is 57.2 cm³/mol. The molecule has 1 heterocycles. The smallest absolute Gasteiger partial charge is 0.0328 e. The van der Waals surface area contributed by atoms with Crippen LogP contribution >= 0.6 is 0 Å². The summed E-state index contributed by atoms with van der Waals surface area (Å²) in [5.41, 5.74) is 0.500. The van der Waals surface area contributed by atoms with E-state index in [9.17, 15) is 0 Å². The van der Waals surface area contributed by atoms with Crippen molar-refractivity contribution in [3.05, 3.63) is 24.4 Å². The van der Waals surface area contributed by atoms with Crippen LogP contribution in [0.4, 0.5) is 0 Å². The van der Waals surface area contributed by atoms with Gasteiger partial charge >= 0.3 is 0 Å². The van der Waals surface area contributed by atoms with Gasteiger partial charge in [0.15, 0.2) is 0 Å². The Balaban J connectivity index is 0. The van der Waals surface area contributed by atoms with Crippen LogP contribution < -0.4 is 5.32 Å². The van der Waals surface area contributed by atoms with E-state index in [1.54, 1.807) is 0 Å². The van der Waals surface area contributed by atoms with Gasteiger partial charge in [0.1, 0.15) is 0 Å². The lowest BCUT2D eigenvalue weighted by molar-refractivity contribution is 0.469. The van der Waals surface area contributed by atoms with E-state index in [-0.39, 0.29) is 8.41 Å². The third-order valence-electron chi connectivity index (χ3n) is 0.697. The Morgan fingerprint density at radius 3 is 1.67 bits per heavy atom. The highest BCUT2D eigenvalue weighted by molar-refractivity contribution is 5.75. The lowest BCUT2D eigenvalue weighted by Gasteiger charge is -2.05. The minimum Gasteiger partial charge on any atom is -0.387 e. The molecule has 2 heteroatoms. The summed E-state index contributed by atoms with van der Waals surface area (Å²) in [6.45, 7) is 9.73. The maximum atomic E-state index is 3.02. The second kappa shape index (κ2) is 7.02.